The van der Waals surface area contributed by atoms with Crippen LogP contribution >= 0.6 is 0 Å². The molecule has 0 nitrogen and oxygen atoms in total. The van der Waals surface area contributed by atoms with Gasteiger partial charge in [-0.1, -0.05) is 117 Å². The predicted molar refractivity (Wildman–Crippen MR) is 113 cm³/mol. The van der Waals surface area contributed by atoms with Crippen molar-refractivity contribution in [3.8, 4) is 0 Å². The summed E-state index contributed by atoms with van der Waals surface area (Å²) in [7, 11) is 0. The van der Waals surface area contributed by atoms with Gasteiger partial charge in [-0.2, -0.15) is 0 Å². The first-order valence-corrected chi connectivity index (χ1v) is 11.4. The van der Waals surface area contributed by atoms with Crippen LogP contribution in [-0.4, -0.2) is 0 Å². The van der Waals surface area contributed by atoms with Gasteiger partial charge in [-0.3, -0.25) is 0 Å². The van der Waals surface area contributed by atoms with Crippen LogP contribution in [0.2, 0.25) is 0 Å². The van der Waals surface area contributed by atoms with E-state index in [1.807, 2.05) is 0 Å². The van der Waals surface area contributed by atoms with Crippen molar-refractivity contribution in [2.24, 2.45) is 11.8 Å². The van der Waals surface area contributed by atoms with Crippen LogP contribution in [0.1, 0.15) is 130 Å². The summed E-state index contributed by atoms with van der Waals surface area (Å²) in [6.45, 7) is 9.32. The van der Waals surface area contributed by atoms with Gasteiger partial charge in [0.1, 0.15) is 0 Å². The van der Waals surface area contributed by atoms with Gasteiger partial charge in [0, 0.05) is 0 Å². The van der Waals surface area contributed by atoms with Crippen LogP contribution in [-0.2, 0) is 0 Å². The van der Waals surface area contributed by atoms with Crippen molar-refractivity contribution in [3.63, 3.8) is 0 Å². The molecule has 0 heterocycles. The third kappa shape index (κ3) is 18.1. The molecular weight excluding hydrogens is 288 g/mol. The smallest absolute Gasteiger partial charge is 0.0351 e. The molecule has 0 heteroatoms. The van der Waals surface area contributed by atoms with Crippen LogP contribution in [0.3, 0.4) is 0 Å². The van der Waals surface area contributed by atoms with E-state index in [4.69, 9.17) is 0 Å². The molecule has 0 N–H and O–H groups in total. The first-order valence-electron chi connectivity index (χ1n) is 11.4. The van der Waals surface area contributed by atoms with Gasteiger partial charge >= 0.3 is 0 Å². The number of hydrogen-bond acceptors (Lipinski definition) is 0. The second-order valence-electron chi connectivity index (χ2n) is 8.28. The number of rotatable bonds is 18. The molecule has 0 aromatic rings. The van der Waals surface area contributed by atoms with Crippen molar-refractivity contribution in [3.05, 3.63) is 12.2 Å². The first kappa shape index (κ1) is 23.7. The molecule has 0 bridgehead atoms. The lowest BCUT2D eigenvalue weighted by atomic mass is 9.87. The summed E-state index contributed by atoms with van der Waals surface area (Å²) < 4.78 is 0. The van der Waals surface area contributed by atoms with E-state index >= 15 is 0 Å². The second-order valence-corrected chi connectivity index (χ2v) is 8.28. The molecule has 0 aromatic heterocycles. The Morgan fingerprint density at radius 2 is 1.17 bits per heavy atom. The van der Waals surface area contributed by atoms with E-state index in [1.54, 1.807) is 0 Å². The molecule has 1 unspecified atom stereocenters. The van der Waals surface area contributed by atoms with E-state index in [0.717, 1.165) is 11.8 Å². The summed E-state index contributed by atoms with van der Waals surface area (Å²) >= 11 is 0. The van der Waals surface area contributed by atoms with Crippen molar-refractivity contribution >= 4 is 0 Å². The fourth-order valence-electron chi connectivity index (χ4n) is 3.77. The van der Waals surface area contributed by atoms with Gasteiger partial charge in [0.15, 0.2) is 0 Å². The standard InChI is InChI=1S/C24H48/c1-5-7-9-11-12-13-14-15-16-17-19-21-24(22-23(3)4)20-18-10-8-6-2/h7,9,23-24H,5-6,8,10-22H2,1-4H3. The molecule has 0 amide bonds. The van der Waals surface area contributed by atoms with E-state index in [9.17, 15) is 0 Å². The topological polar surface area (TPSA) is 0 Å². The number of allylic oxidation sites excluding steroid dienone is 2. The Morgan fingerprint density at radius 1 is 0.625 bits per heavy atom. The molecule has 144 valence electrons. The Kier molecular flexibility index (Phi) is 18.9. The molecule has 0 saturated heterocycles. The van der Waals surface area contributed by atoms with Crippen molar-refractivity contribution in [2.45, 2.75) is 130 Å². The van der Waals surface area contributed by atoms with Crippen LogP contribution in [0.4, 0.5) is 0 Å². The highest BCUT2D eigenvalue weighted by molar-refractivity contribution is 4.79. The molecule has 0 aliphatic carbocycles. The molecule has 0 aromatic carbocycles. The van der Waals surface area contributed by atoms with Crippen molar-refractivity contribution in [2.75, 3.05) is 0 Å². The van der Waals surface area contributed by atoms with Gasteiger partial charge in [0.2, 0.25) is 0 Å². The highest BCUT2D eigenvalue weighted by Crippen LogP contribution is 2.25. The maximum absolute atomic E-state index is 2.40. The minimum atomic E-state index is 0.878. The van der Waals surface area contributed by atoms with Crippen molar-refractivity contribution in [1.82, 2.24) is 0 Å². The molecule has 0 spiro atoms. The molecule has 0 rings (SSSR count). The van der Waals surface area contributed by atoms with Crippen LogP contribution in [0.5, 0.6) is 0 Å². The van der Waals surface area contributed by atoms with Gasteiger partial charge in [0.25, 0.3) is 0 Å². The normalized spacial score (nSPS) is 13.2. The SMILES string of the molecule is CCC=CCCCCCCCCCC(CCCCCC)CC(C)C. The average Bonchev–Trinajstić information content (AvgIpc) is 2.55. The predicted octanol–water partition coefficient (Wildman–Crippen LogP) is 9.10. The number of unbranched alkanes of at least 4 members (excludes halogenated alkanes) is 10. The zero-order valence-electron chi connectivity index (χ0n) is 17.6. The fourth-order valence-corrected chi connectivity index (χ4v) is 3.77. The molecule has 0 saturated carbocycles. The molecule has 0 aliphatic rings. The van der Waals surface area contributed by atoms with Crippen LogP contribution in [0.15, 0.2) is 12.2 Å². The monoisotopic (exact) mass is 336 g/mol. The largest absolute Gasteiger partial charge is 0.0888 e. The maximum atomic E-state index is 2.40. The van der Waals surface area contributed by atoms with Gasteiger partial charge in [0.05, 0.1) is 0 Å². The van der Waals surface area contributed by atoms with Gasteiger partial charge in [-0.05, 0) is 37.5 Å². The first-order chi connectivity index (χ1) is 11.7. The second kappa shape index (κ2) is 19.1. The van der Waals surface area contributed by atoms with E-state index in [2.05, 4.69) is 39.8 Å². The molecule has 24 heavy (non-hydrogen) atoms. The van der Waals surface area contributed by atoms with E-state index in [1.165, 1.54) is 103 Å². The highest BCUT2D eigenvalue weighted by atomic mass is 14.2. The van der Waals surface area contributed by atoms with Crippen molar-refractivity contribution < 1.29 is 0 Å². The van der Waals surface area contributed by atoms with E-state index in [-0.39, 0.29) is 0 Å². The summed E-state index contributed by atoms with van der Waals surface area (Å²) in [6.07, 6.45) is 27.5. The lowest BCUT2D eigenvalue weighted by Crippen LogP contribution is -2.05. The molecule has 0 radical (unpaired) electrons. The third-order valence-electron chi connectivity index (χ3n) is 5.16. The van der Waals surface area contributed by atoms with E-state index < -0.39 is 0 Å². The van der Waals surface area contributed by atoms with Gasteiger partial charge < -0.3 is 0 Å². The lowest BCUT2D eigenvalue weighted by Gasteiger charge is -2.19. The summed E-state index contributed by atoms with van der Waals surface area (Å²) in [6, 6.07) is 0. The minimum Gasteiger partial charge on any atom is -0.0888 e. The Balaban J connectivity index is 3.52. The summed E-state index contributed by atoms with van der Waals surface area (Å²) in [5.74, 6) is 1.88. The summed E-state index contributed by atoms with van der Waals surface area (Å²) in [5.41, 5.74) is 0. The van der Waals surface area contributed by atoms with Crippen molar-refractivity contribution in [1.29, 1.82) is 0 Å². The zero-order chi connectivity index (χ0) is 17.9. The lowest BCUT2D eigenvalue weighted by molar-refractivity contribution is 0.339. The van der Waals surface area contributed by atoms with Gasteiger partial charge in [-0.25, -0.2) is 0 Å². The fraction of sp³-hybridized carbons (Fsp3) is 0.917. The highest BCUT2D eigenvalue weighted by Gasteiger charge is 2.10. The third-order valence-corrected chi connectivity index (χ3v) is 5.16. The molecule has 0 fully saturated rings. The summed E-state index contributed by atoms with van der Waals surface area (Å²) in [5, 5.41) is 0. The average molecular weight is 337 g/mol. The molecular formula is C24H48. The Morgan fingerprint density at radius 3 is 1.71 bits per heavy atom. The Labute approximate surface area is 154 Å². The maximum Gasteiger partial charge on any atom is -0.0351 e. The van der Waals surface area contributed by atoms with Crippen LogP contribution in [0, 0.1) is 11.8 Å². The molecule has 1 atom stereocenters. The van der Waals surface area contributed by atoms with E-state index in [0.29, 0.717) is 0 Å². The van der Waals surface area contributed by atoms with Gasteiger partial charge in [-0.15, -0.1) is 0 Å². The number of hydrogen-bond donors (Lipinski definition) is 0. The van der Waals surface area contributed by atoms with Crippen LogP contribution < -0.4 is 0 Å². The zero-order valence-corrected chi connectivity index (χ0v) is 17.6. The van der Waals surface area contributed by atoms with Crippen LogP contribution in [0.25, 0.3) is 0 Å². The minimum absolute atomic E-state index is 0.878. The Hall–Kier alpha value is -0.260. The summed E-state index contributed by atoms with van der Waals surface area (Å²) in [4.78, 5) is 0. The molecule has 0 aliphatic heterocycles. The Bertz CT molecular complexity index is 251. The quantitative estimate of drug-likeness (QED) is 0.173.